The number of hydrogen-bond donors (Lipinski definition) is 0. The number of benzene rings is 1. The Kier molecular flexibility index (Phi) is 6.83. The molecule has 0 bridgehead atoms. The molecule has 2 aromatic rings. The molecule has 6 nitrogen and oxygen atoms in total. The van der Waals surface area contributed by atoms with Crippen LogP contribution in [0.2, 0.25) is 5.02 Å². The molecule has 0 aliphatic carbocycles. The Labute approximate surface area is 183 Å². The van der Waals surface area contributed by atoms with E-state index >= 15 is 0 Å². The van der Waals surface area contributed by atoms with Crippen LogP contribution < -0.4 is 14.4 Å². The standard InChI is InChI=1S/C21H23ClF3N3O3/c1-13-17(30-2)9-14(10-18(13)31-3)20(29)28-6-4-5-27(7-8-28)19-16(22)11-15(12-26-19)21(23,24)25/h9-12H,4-8H2,1-3H3. The van der Waals surface area contributed by atoms with Gasteiger partial charge in [0.2, 0.25) is 0 Å². The number of anilines is 1. The van der Waals surface area contributed by atoms with Crippen molar-refractivity contribution in [2.45, 2.75) is 19.5 Å². The van der Waals surface area contributed by atoms with E-state index in [0.29, 0.717) is 49.7 Å². The number of alkyl halides is 3. The van der Waals surface area contributed by atoms with E-state index in [1.165, 1.54) is 14.2 Å². The summed E-state index contributed by atoms with van der Waals surface area (Å²) in [4.78, 5) is 20.5. The average molecular weight is 458 g/mol. The minimum Gasteiger partial charge on any atom is -0.496 e. The fourth-order valence-electron chi connectivity index (χ4n) is 3.54. The summed E-state index contributed by atoms with van der Waals surface area (Å²) in [5.41, 5.74) is 0.347. The number of carbonyl (C=O) groups excluding carboxylic acids is 1. The molecule has 0 saturated carbocycles. The number of carbonyl (C=O) groups is 1. The summed E-state index contributed by atoms with van der Waals surface area (Å²) in [6.07, 6.45) is -3.11. The molecule has 0 N–H and O–H groups in total. The molecule has 31 heavy (non-hydrogen) atoms. The number of amides is 1. The Balaban J connectivity index is 1.77. The van der Waals surface area contributed by atoms with E-state index in [4.69, 9.17) is 21.1 Å². The van der Waals surface area contributed by atoms with Crippen LogP contribution in [0.3, 0.4) is 0 Å². The maximum atomic E-state index is 13.1. The van der Waals surface area contributed by atoms with Crippen molar-refractivity contribution >= 4 is 23.3 Å². The van der Waals surface area contributed by atoms with Crippen LogP contribution in [0.5, 0.6) is 11.5 Å². The van der Waals surface area contributed by atoms with E-state index in [-0.39, 0.29) is 16.7 Å². The van der Waals surface area contributed by atoms with Crippen molar-refractivity contribution in [3.05, 3.63) is 46.1 Å². The SMILES string of the molecule is COc1cc(C(=O)N2CCCN(c3ncc(C(F)(F)F)cc3Cl)CC2)cc(OC)c1C. The largest absolute Gasteiger partial charge is 0.496 e. The smallest absolute Gasteiger partial charge is 0.417 e. The van der Waals surface area contributed by atoms with Gasteiger partial charge in [-0.3, -0.25) is 4.79 Å². The lowest BCUT2D eigenvalue weighted by molar-refractivity contribution is -0.137. The van der Waals surface area contributed by atoms with Crippen molar-refractivity contribution in [2.75, 3.05) is 45.3 Å². The van der Waals surface area contributed by atoms with Gasteiger partial charge in [0.05, 0.1) is 24.8 Å². The van der Waals surface area contributed by atoms with Gasteiger partial charge < -0.3 is 19.3 Å². The maximum absolute atomic E-state index is 13.1. The quantitative estimate of drug-likeness (QED) is 0.679. The molecular formula is C21H23ClF3N3O3. The minimum atomic E-state index is -4.51. The molecule has 0 unspecified atom stereocenters. The fraction of sp³-hybridized carbons (Fsp3) is 0.429. The zero-order chi connectivity index (χ0) is 22.8. The van der Waals surface area contributed by atoms with E-state index in [2.05, 4.69) is 4.98 Å². The van der Waals surface area contributed by atoms with Gasteiger partial charge in [-0.25, -0.2) is 4.98 Å². The Hall–Kier alpha value is -2.68. The molecule has 10 heteroatoms. The number of hydrogen-bond acceptors (Lipinski definition) is 5. The maximum Gasteiger partial charge on any atom is 0.417 e. The molecule has 0 atom stereocenters. The Bertz CT molecular complexity index is 944. The lowest BCUT2D eigenvalue weighted by Gasteiger charge is -2.24. The number of pyridine rings is 1. The molecule has 1 aliphatic heterocycles. The van der Waals surface area contributed by atoms with E-state index < -0.39 is 11.7 Å². The summed E-state index contributed by atoms with van der Waals surface area (Å²) in [5.74, 6) is 1.22. The molecular weight excluding hydrogens is 435 g/mol. The summed E-state index contributed by atoms with van der Waals surface area (Å²) >= 11 is 6.09. The number of aromatic nitrogens is 1. The van der Waals surface area contributed by atoms with Crippen LogP contribution in [0.25, 0.3) is 0 Å². The van der Waals surface area contributed by atoms with Crippen molar-refractivity contribution in [2.24, 2.45) is 0 Å². The van der Waals surface area contributed by atoms with Crippen LogP contribution >= 0.6 is 11.6 Å². The molecule has 1 aromatic heterocycles. The van der Waals surface area contributed by atoms with Gasteiger partial charge in [0, 0.05) is 43.5 Å². The summed E-state index contributed by atoms with van der Waals surface area (Å²) in [6, 6.07) is 4.23. The van der Waals surface area contributed by atoms with E-state index in [1.54, 1.807) is 21.9 Å². The van der Waals surface area contributed by atoms with Gasteiger partial charge >= 0.3 is 6.18 Å². The second-order valence-electron chi connectivity index (χ2n) is 7.17. The highest BCUT2D eigenvalue weighted by Crippen LogP contribution is 2.34. The first kappa shape index (κ1) is 23.0. The van der Waals surface area contributed by atoms with Gasteiger partial charge in [0.15, 0.2) is 0 Å². The molecule has 0 radical (unpaired) electrons. The van der Waals surface area contributed by atoms with Gasteiger partial charge in [0.25, 0.3) is 5.91 Å². The lowest BCUT2D eigenvalue weighted by Crippen LogP contribution is -2.35. The van der Waals surface area contributed by atoms with Gasteiger partial charge in [-0.05, 0) is 31.5 Å². The monoisotopic (exact) mass is 457 g/mol. The molecule has 1 saturated heterocycles. The van der Waals surface area contributed by atoms with Crippen molar-refractivity contribution in [1.82, 2.24) is 9.88 Å². The molecule has 1 fully saturated rings. The highest BCUT2D eigenvalue weighted by Gasteiger charge is 2.32. The van der Waals surface area contributed by atoms with E-state index in [0.717, 1.165) is 17.8 Å². The molecule has 1 aromatic carbocycles. The number of nitrogens with zero attached hydrogens (tertiary/aromatic N) is 3. The summed E-state index contributed by atoms with van der Waals surface area (Å²) < 4.78 is 49.3. The molecule has 2 heterocycles. The topological polar surface area (TPSA) is 54.9 Å². The van der Waals surface area contributed by atoms with Crippen molar-refractivity contribution in [1.29, 1.82) is 0 Å². The highest BCUT2D eigenvalue weighted by molar-refractivity contribution is 6.33. The van der Waals surface area contributed by atoms with Crippen LogP contribution in [0.15, 0.2) is 24.4 Å². The first-order valence-electron chi connectivity index (χ1n) is 9.65. The number of rotatable bonds is 4. The lowest BCUT2D eigenvalue weighted by atomic mass is 10.1. The van der Waals surface area contributed by atoms with Crippen molar-refractivity contribution in [3.8, 4) is 11.5 Å². The second kappa shape index (κ2) is 9.21. The number of methoxy groups -OCH3 is 2. The normalized spacial score (nSPS) is 14.9. The van der Waals surface area contributed by atoms with E-state index in [9.17, 15) is 18.0 Å². The van der Waals surface area contributed by atoms with Gasteiger partial charge in [-0.1, -0.05) is 11.6 Å². The third-order valence-electron chi connectivity index (χ3n) is 5.23. The van der Waals surface area contributed by atoms with Gasteiger partial charge in [-0.2, -0.15) is 13.2 Å². The molecule has 168 valence electrons. The van der Waals surface area contributed by atoms with Crippen LogP contribution in [0.4, 0.5) is 19.0 Å². The van der Waals surface area contributed by atoms with Crippen molar-refractivity contribution < 1.29 is 27.4 Å². The van der Waals surface area contributed by atoms with E-state index in [1.807, 2.05) is 6.92 Å². The first-order valence-corrected chi connectivity index (χ1v) is 10.0. The third-order valence-corrected chi connectivity index (χ3v) is 5.51. The van der Waals surface area contributed by atoms with Crippen molar-refractivity contribution in [3.63, 3.8) is 0 Å². The molecule has 0 spiro atoms. The Morgan fingerprint density at radius 2 is 1.71 bits per heavy atom. The number of halogens is 4. The number of ether oxygens (including phenoxy) is 2. The van der Waals surface area contributed by atoms with Crippen LogP contribution in [0, 0.1) is 6.92 Å². The highest BCUT2D eigenvalue weighted by atomic mass is 35.5. The first-order chi connectivity index (χ1) is 14.7. The van der Waals surface area contributed by atoms with Crippen LogP contribution in [-0.4, -0.2) is 56.2 Å². The summed E-state index contributed by atoms with van der Waals surface area (Å²) in [5, 5.41) is -0.0670. The molecule has 1 amide bonds. The molecule has 3 rings (SSSR count). The zero-order valence-electron chi connectivity index (χ0n) is 17.4. The predicted molar refractivity (Wildman–Crippen MR) is 111 cm³/mol. The Morgan fingerprint density at radius 1 is 1.06 bits per heavy atom. The summed E-state index contributed by atoms with van der Waals surface area (Å²) in [7, 11) is 3.06. The average Bonchev–Trinajstić information content (AvgIpc) is 2.99. The summed E-state index contributed by atoms with van der Waals surface area (Å²) in [6.45, 7) is 3.62. The molecule has 1 aliphatic rings. The van der Waals surface area contributed by atoms with Gasteiger partial charge in [0.1, 0.15) is 17.3 Å². The predicted octanol–water partition coefficient (Wildman–Crippen LogP) is 4.43. The second-order valence-corrected chi connectivity index (χ2v) is 7.57. The Morgan fingerprint density at radius 3 is 2.26 bits per heavy atom. The van der Waals surface area contributed by atoms with Crippen LogP contribution in [-0.2, 0) is 6.18 Å². The van der Waals surface area contributed by atoms with Gasteiger partial charge in [-0.15, -0.1) is 0 Å². The fourth-order valence-corrected chi connectivity index (χ4v) is 3.83. The minimum absolute atomic E-state index is 0.0670. The zero-order valence-corrected chi connectivity index (χ0v) is 18.2. The van der Waals surface area contributed by atoms with Crippen LogP contribution in [0.1, 0.15) is 27.9 Å². The third kappa shape index (κ3) is 4.98.